The average Bonchev–Trinajstić information content (AvgIpc) is 3.41. The maximum Gasteiger partial charge on any atom is 0.265 e. The topological polar surface area (TPSA) is 80.6 Å². The molecular weight excluding hydrogens is 419 g/mol. The van der Waals surface area contributed by atoms with Gasteiger partial charge in [0.25, 0.3) is 11.8 Å². The van der Waals surface area contributed by atoms with Crippen molar-refractivity contribution in [3.05, 3.63) is 70.2 Å². The summed E-state index contributed by atoms with van der Waals surface area (Å²) in [6.07, 6.45) is 4.36. The van der Waals surface area contributed by atoms with Crippen LogP contribution in [-0.4, -0.2) is 17.9 Å². The average molecular weight is 443 g/mol. The summed E-state index contributed by atoms with van der Waals surface area (Å²) in [5.74, 6) is -0.579. The van der Waals surface area contributed by atoms with Crippen LogP contribution in [0.4, 0.5) is 9.39 Å². The van der Waals surface area contributed by atoms with E-state index in [2.05, 4.69) is 10.6 Å². The van der Waals surface area contributed by atoms with Gasteiger partial charge in [0.1, 0.15) is 10.8 Å². The molecule has 3 aromatic rings. The lowest BCUT2D eigenvalue weighted by Gasteiger charge is -2.16. The third kappa shape index (κ3) is 4.80. The van der Waals surface area contributed by atoms with Crippen molar-refractivity contribution >= 4 is 28.2 Å². The van der Waals surface area contributed by atoms with Crippen molar-refractivity contribution in [2.45, 2.75) is 45.3 Å². The van der Waals surface area contributed by atoms with E-state index >= 15 is 0 Å². The van der Waals surface area contributed by atoms with Gasteiger partial charge in [-0.25, -0.2) is 4.39 Å². The number of anilines is 1. The van der Waals surface area contributed by atoms with E-state index in [1.165, 1.54) is 23.5 Å². The van der Waals surface area contributed by atoms with E-state index in [0.717, 1.165) is 36.1 Å². The van der Waals surface area contributed by atoms with Crippen molar-refractivity contribution in [3.63, 3.8) is 0 Å². The van der Waals surface area contributed by atoms with Gasteiger partial charge in [0.15, 0.2) is 17.7 Å². The van der Waals surface area contributed by atoms with E-state index in [0.29, 0.717) is 16.3 Å². The first-order valence-corrected chi connectivity index (χ1v) is 11.0. The number of ether oxygens (including phenoxy) is 1. The van der Waals surface area contributed by atoms with Crippen LogP contribution in [0.1, 0.15) is 46.3 Å². The minimum atomic E-state index is -0.935. The molecule has 2 amide bonds. The van der Waals surface area contributed by atoms with Gasteiger partial charge in [-0.15, -0.1) is 11.3 Å². The minimum absolute atomic E-state index is 0.00652. The number of carbonyl (C=O) groups excluding carboxylic acids is 2. The molecule has 0 aliphatic heterocycles. The Hall–Kier alpha value is -3.13. The van der Waals surface area contributed by atoms with Gasteiger partial charge in [0, 0.05) is 4.88 Å². The highest BCUT2D eigenvalue weighted by Gasteiger charge is 2.28. The molecule has 0 saturated carbocycles. The van der Waals surface area contributed by atoms with Gasteiger partial charge in [-0.05, 0) is 62.4 Å². The zero-order valence-corrected chi connectivity index (χ0v) is 17.9. The van der Waals surface area contributed by atoms with E-state index in [9.17, 15) is 14.0 Å². The number of amides is 2. The predicted molar refractivity (Wildman–Crippen MR) is 116 cm³/mol. The second-order valence-corrected chi connectivity index (χ2v) is 8.46. The fraction of sp³-hybridized carbons (Fsp3) is 0.304. The van der Waals surface area contributed by atoms with Crippen LogP contribution < -0.4 is 15.4 Å². The molecule has 0 saturated heterocycles. The highest BCUT2D eigenvalue weighted by molar-refractivity contribution is 7.17. The van der Waals surface area contributed by atoms with E-state index < -0.39 is 17.8 Å². The van der Waals surface area contributed by atoms with E-state index in [1.807, 2.05) is 0 Å². The molecule has 1 unspecified atom stereocenters. The number of halogens is 1. The molecule has 2 heterocycles. The molecule has 1 aliphatic rings. The Labute approximate surface area is 183 Å². The lowest BCUT2D eigenvalue weighted by Crippen LogP contribution is -2.31. The summed E-state index contributed by atoms with van der Waals surface area (Å²) in [4.78, 5) is 26.9. The van der Waals surface area contributed by atoms with Crippen molar-refractivity contribution in [1.82, 2.24) is 5.32 Å². The van der Waals surface area contributed by atoms with E-state index in [-0.39, 0.29) is 18.2 Å². The molecule has 2 N–H and O–H groups in total. The molecule has 2 aromatic heterocycles. The number of aryl methyl sites for hydroxylation is 1. The summed E-state index contributed by atoms with van der Waals surface area (Å²) in [6, 6.07) is 9.48. The van der Waals surface area contributed by atoms with Crippen LogP contribution >= 0.6 is 11.3 Å². The predicted octanol–water partition coefficient (Wildman–Crippen LogP) is 4.70. The molecule has 6 nitrogen and oxygen atoms in total. The number of furan rings is 1. The van der Waals surface area contributed by atoms with Crippen LogP contribution in [0, 0.1) is 5.82 Å². The van der Waals surface area contributed by atoms with Gasteiger partial charge in [0.05, 0.1) is 18.4 Å². The fourth-order valence-electron chi connectivity index (χ4n) is 3.56. The van der Waals surface area contributed by atoms with Crippen LogP contribution in [0.3, 0.4) is 0 Å². The number of para-hydroxylation sites is 1. The van der Waals surface area contributed by atoms with E-state index in [4.69, 9.17) is 9.15 Å². The molecule has 31 heavy (non-hydrogen) atoms. The Morgan fingerprint density at radius 2 is 2.00 bits per heavy atom. The van der Waals surface area contributed by atoms with Crippen LogP contribution in [0.5, 0.6) is 5.75 Å². The maximum absolute atomic E-state index is 13.9. The summed E-state index contributed by atoms with van der Waals surface area (Å²) < 4.78 is 24.6. The number of hydrogen-bond donors (Lipinski definition) is 2. The molecule has 162 valence electrons. The molecule has 0 bridgehead atoms. The Kier molecular flexibility index (Phi) is 6.36. The van der Waals surface area contributed by atoms with Crippen molar-refractivity contribution < 1.29 is 23.1 Å². The number of hydrogen-bond acceptors (Lipinski definition) is 5. The quantitative estimate of drug-likeness (QED) is 0.556. The zero-order valence-electron chi connectivity index (χ0n) is 17.1. The lowest BCUT2D eigenvalue weighted by atomic mass is 9.95. The van der Waals surface area contributed by atoms with Crippen molar-refractivity contribution in [1.29, 1.82) is 0 Å². The number of rotatable bonds is 7. The van der Waals surface area contributed by atoms with Gasteiger partial charge in [-0.2, -0.15) is 0 Å². The summed E-state index contributed by atoms with van der Waals surface area (Å²) >= 11 is 1.42. The first-order chi connectivity index (χ1) is 15.0. The highest BCUT2D eigenvalue weighted by Crippen LogP contribution is 2.38. The number of nitrogens with one attached hydrogen (secondary N) is 2. The third-order valence-electron chi connectivity index (χ3n) is 5.15. The number of benzene rings is 1. The molecule has 4 rings (SSSR count). The lowest BCUT2D eigenvalue weighted by molar-refractivity contribution is -0.122. The van der Waals surface area contributed by atoms with Crippen molar-refractivity contribution in [2.75, 3.05) is 5.32 Å². The van der Waals surface area contributed by atoms with Gasteiger partial charge in [0.2, 0.25) is 0 Å². The van der Waals surface area contributed by atoms with Crippen LogP contribution in [0.2, 0.25) is 0 Å². The van der Waals surface area contributed by atoms with Crippen molar-refractivity contribution in [3.8, 4) is 5.75 Å². The van der Waals surface area contributed by atoms with Crippen molar-refractivity contribution in [2.24, 2.45) is 0 Å². The third-order valence-corrected chi connectivity index (χ3v) is 6.36. The number of thiophene rings is 1. The van der Waals surface area contributed by atoms with Gasteiger partial charge >= 0.3 is 0 Å². The van der Waals surface area contributed by atoms with Crippen LogP contribution in [0.25, 0.3) is 0 Å². The fourth-order valence-corrected chi connectivity index (χ4v) is 4.85. The Bertz CT molecular complexity index is 1080. The Morgan fingerprint density at radius 3 is 2.77 bits per heavy atom. The number of carbonyl (C=O) groups is 2. The SMILES string of the molecule is CC(Oc1ccccc1F)C(=O)Nc1sc2c(c1C(=O)NCc1ccco1)CCCC2. The standard InChI is InChI=1S/C23H23FN2O4S/c1-14(30-18-10-4-3-9-17(18)24)21(27)26-23-20(16-8-2-5-11-19(16)31-23)22(28)25-13-15-7-6-12-29-15/h3-4,6-7,9-10,12,14H,2,5,8,11,13H2,1H3,(H,25,28)(H,26,27). The smallest absolute Gasteiger partial charge is 0.265 e. The summed E-state index contributed by atoms with van der Waals surface area (Å²) in [6.45, 7) is 1.81. The van der Waals surface area contributed by atoms with Crippen LogP contribution in [0.15, 0.2) is 47.1 Å². The Balaban J connectivity index is 1.51. The molecule has 8 heteroatoms. The summed E-state index contributed by atoms with van der Waals surface area (Å²) in [5.41, 5.74) is 1.49. The molecule has 1 aromatic carbocycles. The van der Waals surface area contributed by atoms with Crippen LogP contribution in [-0.2, 0) is 24.2 Å². The molecule has 0 radical (unpaired) electrons. The Morgan fingerprint density at radius 1 is 1.19 bits per heavy atom. The maximum atomic E-state index is 13.9. The second-order valence-electron chi connectivity index (χ2n) is 7.36. The first kappa shape index (κ1) is 21.1. The normalized spacial score (nSPS) is 13.9. The summed E-state index contributed by atoms with van der Waals surface area (Å²) in [5, 5.41) is 6.20. The highest BCUT2D eigenvalue weighted by atomic mass is 32.1. The largest absolute Gasteiger partial charge is 0.478 e. The summed E-state index contributed by atoms with van der Waals surface area (Å²) in [7, 11) is 0. The zero-order chi connectivity index (χ0) is 21.8. The molecule has 1 atom stereocenters. The van der Waals surface area contributed by atoms with Gasteiger partial charge in [-0.3, -0.25) is 9.59 Å². The second kappa shape index (κ2) is 9.34. The minimum Gasteiger partial charge on any atom is -0.478 e. The first-order valence-electron chi connectivity index (χ1n) is 10.2. The monoisotopic (exact) mass is 442 g/mol. The van der Waals surface area contributed by atoms with Gasteiger partial charge in [-0.1, -0.05) is 12.1 Å². The molecule has 1 aliphatic carbocycles. The number of fused-ring (bicyclic) bond motifs is 1. The molecular formula is C23H23FN2O4S. The molecule has 0 fully saturated rings. The van der Waals surface area contributed by atoms with E-state index in [1.54, 1.807) is 37.5 Å². The molecule has 0 spiro atoms. The van der Waals surface area contributed by atoms with Gasteiger partial charge < -0.3 is 19.8 Å².